The zero-order valence-corrected chi connectivity index (χ0v) is 38.5. The van der Waals surface area contributed by atoms with Crippen molar-refractivity contribution in [2.45, 2.75) is 12.6 Å². The third kappa shape index (κ3) is 5.66. The lowest BCUT2D eigenvalue weighted by Crippen LogP contribution is -2.56. The Hall–Kier alpha value is -7.54. The van der Waals surface area contributed by atoms with E-state index in [4.69, 9.17) is 0 Å². The van der Waals surface area contributed by atoms with Gasteiger partial charge in [-0.15, -0.1) is 8.20 Å². The lowest BCUT2D eigenvalue weighted by atomic mass is 9.44. The average molecular weight is 887 g/mol. The summed E-state index contributed by atoms with van der Waals surface area (Å²) in [5.41, 5.74) is 17.8. The highest BCUT2D eigenvalue weighted by molar-refractivity contribution is 7.45. The normalized spacial score (nSPS) is 12.9. The van der Waals surface area contributed by atoms with Gasteiger partial charge in [-0.05, 0) is 136 Å². The van der Waals surface area contributed by atoms with Crippen molar-refractivity contribution in [2.75, 3.05) is 4.90 Å². The van der Waals surface area contributed by atoms with Crippen LogP contribution in [0.4, 0.5) is 17.1 Å². The quantitative estimate of drug-likeness (QED) is 0.0879. The van der Waals surface area contributed by atoms with E-state index >= 15 is 0 Å². The second kappa shape index (κ2) is 15.0. The minimum Gasteiger partial charge on any atom is -0.375 e. The Balaban J connectivity index is 1.20. The van der Waals surface area contributed by atoms with Crippen molar-refractivity contribution in [1.82, 2.24) is 4.48 Å². The van der Waals surface area contributed by atoms with Crippen LogP contribution in [0.5, 0.6) is 0 Å². The van der Waals surface area contributed by atoms with Gasteiger partial charge in [-0.2, -0.15) is 0 Å². The summed E-state index contributed by atoms with van der Waals surface area (Å²) in [7, 11) is 2.06. The largest absolute Gasteiger partial charge is 0.375 e. The number of rotatable bonds is 7. The Morgan fingerprint density at radius 1 is 0.493 bits per heavy atom. The third-order valence-electron chi connectivity index (χ3n) is 14.7. The summed E-state index contributed by atoms with van der Waals surface area (Å²) < 4.78 is 2.73. The van der Waals surface area contributed by atoms with E-state index in [-0.39, 0.29) is 6.85 Å². The molecule has 11 aromatic carbocycles. The Bertz CT molecular complexity index is 4100. The molecule has 67 heavy (non-hydrogen) atoms. The smallest absolute Gasteiger partial charge is 0.333 e. The molecule has 0 atom stereocenters. The molecule has 312 valence electrons. The zero-order valence-electron chi connectivity index (χ0n) is 36.7. The van der Waals surface area contributed by atoms with Crippen LogP contribution in [0.15, 0.2) is 200 Å². The van der Waals surface area contributed by atoms with Gasteiger partial charge in [-0.3, -0.25) is 0 Å². The molecule has 5 heteroatoms. The van der Waals surface area contributed by atoms with Crippen molar-refractivity contribution in [3.05, 3.63) is 217 Å². The van der Waals surface area contributed by atoms with Crippen molar-refractivity contribution in [1.29, 1.82) is 0 Å². The highest BCUT2D eigenvalue weighted by Crippen LogP contribution is 2.51. The molecule has 3 heterocycles. The Kier molecular flexibility index (Phi) is 8.66. The molecule has 0 radical (unpaired) electrons. The molecule has 2 aliphatic heterocycles. The molecule has 14 rings (SSSR count). The predicted octanol–water partition coefficient (Wildman–Crippen LogP) is 15.0. The molecule has 2 aliphatic rings. The molecule has 12 aromatic rings. The molecule has 0 saturated carbocycles. The summed E-state index contributed by atoms with van der Waals surface area (Å²) in [6.45, 7) is -0.116. The van der Waals surface area contributed by atoms with Gasteiger partial charge in [0.1, 0.15) is 0 Å². The van der Waals surface area contributed by atoms with Gasteiger partial charge in [0.05, 0.1) is 0 Å². The summed E-state index contributed by atoms with van der Waals surface area (Å²) in [6, 6.07) is 75.4. The van der Waals surface area contributed by atoms with Crippen LogP contribution in [0.2, 0.25) is 0 Å². The van der Waals surface area contributed by atoms with E-state index in [1.54, 1.807) is 0 Å². The molecule has 2 nitrogen and oxygen atoms in total. The van der Waals surface area contributed by atoms with Gasteiger partial charge in [0.15, 0.2) is 0 Å². The summed E-state index contributed by atoms with van der Waals surface area (Å²) in [5, 5.41) is 14.1. The first-order valence-corrected chi connectivity index (χ1v) is 25.5. The molecule has 1 aromatic heterocycles. The monoisotopic (exact) mass is 886 g/mol. The average Bonchev–Trinajstić information content (AvgIpc) is 3.73. The topological polar surface area (TPSA) is 8.17 Å². The molecule has 0 bridgehead atoms. The molecule has 0 amide bonds. The highest BCUT2D eigenvalue weighted by Gasteiger charge is 2.44. The van der Waals surface area contributed by atoms with Crippen LogP contribution in [-0.4, -0.2) is 23.9 Å². The van der Waals surface area contributed by atoms with Gasteiger partial charge in [-0.25, -0.2) is 0 Å². The maximum Gasteiger partial charge on any atom is 0.333 e. The zero-order chi connectivity index (χ0) is 44.3. The summed E-state index contributed by atoms with van der Waals surface area (Å²) in [5.74, 6) is 0. The number of nitrogens with zero attached hydrogens (tertiary/aromatic N) is 2. The van der Waals surface area contributed by atoms with Crippen LogP contribution in [-0.2, 0) is 12.6 Å². The molecular formula is C62H41BN2P2. The van der Waals surface area contributed by atoms with E-state index in [1.807, 2.05) is 0 Å². The van der Waals surface area contributed by atoms with E-state index in [0.29, 0.717) is 0 Å². The van der Waals surface area contributed by atoms with E-state index in [9.17, 15) is 0 Å². The Morgan fingerprint density at radius 2 is 1.13 bits per heavy atom. The Morgan fingerprint density at radius 3 is 1.90 bits per heavy atom. The SMILES string of the molecule is C=PCc1c2ccccc2c(Cc2ccccc2)c2cc3c(cc12)N(c1cc(P=C)cc(-c2ccccc2)c1)c1cc2ccccc2c2c1B3n1c3ccccc3c3c4ccccc4cc-2c31. The lowest BCUT2D eigenvalue weighted by Gasteiger charge is -2.41. The van der Waals surface area contributed by atoms with Gasteiger partial charge in [0.2, 0.25) is 0 Å². The van der Waals surface area contributed by atoms with Crippen LogP contribution >= 0.6 is 16.4 Å². The van der Waals surface area contributed by atoms with Gasteiger partial charge in [0, 0.05) is 55.9 Å². The maximum atomic E-state index is 4.44. The predicted molar refractivity (Wildman–Crippen MR) is 296 cm³/mol. The number of benzene rings is 11. The minimum absolute atomic E-state index is 0.116. The number of hydrogen-bond donors (Lipinski definition) is 0. The first-order chi connectivity index (χ1) is 33.2. The summed E-state index contributed by atoms with van der Waals surface area (Å²) in [6.07, 6.45) is 10.6. The second-order valence-corrected chi connectivity index (χ2v) is 19.8. The second-order valence-electron chi connectivity index (χ2n) is 18.2. The Labute approximate surface area is 393 Å². The third-order valence-corrected chi connectivity index (χ3v) is 15.8. The summed E-state index contributed by atoms with van der Waals surface area (Å²) in [4.78, 5) is 2.62. The summed E-state index contributed by atoms with van der Waals surface area (Å²) >= 11 is 0. The van der Waals surface area contributed by atoms with Crippen molar-refractivity contribution < 1.29 is 0 Å². The fraction of sp³-hybridized carbons (Fsp3) is 0.0323. The fourth-order valence-corrected chi connectivity index (χ4v) is 13.0. The number of fused-ring (bicyclic) bond motifs is 13. The molecule has 0 saturated heterocycles. The highest BCUT2D eigenvalue weighted by atomic mass is 31.1. The van der Waals surface area contributed by atoms with Gasteiger partial charge in [0.25, 0.3) is 0 Å². The van der Waals surface area contributed by atoms with Gasteiger partial charge in [-0.1, -0.05) is 179 Å². The molecule has 0 fully saturated rings. The molecule has 0 aliphatic carbocycles. The molecule has 0 unspecified atom stereocenters. The van der Waals surface area contributed by atoms with E-state index < -0.39 is 0 Å². The standard InChI is InChI=1S/C62H41BN2P2/c1-66-37-54-48-26-14-13-25-47(48)50(29-38-17-5-3-6-18-38)51-35-55-57(36-52(51)54)64(43-30-42(31-44(34-43)67-2)39-19-7-4-8-20-39)58-33-41-22-10-11-23-45(41)59-53-32-40-21-9-12-24-46(40)60-49-27-15-16-28-56(49)65(62(53)60)63(55)61(58)59/h3-28,30-36H,1-2,29,37H2. The molecular weight excluding hydrogens is 845 g/mol. The molecule has 0 spiro atoms. The van der Waals surface area contributed by atoms with Crippen LogP contribution in [0.1, 0.15) is 16.7 Å². The fourth-order valence-electron chi connectivity index (χ4n) is 12.0. The minimum atomic E-state index is -0.116. The van der Waals surface area contributed by atoms with E-state index in [1.165, 1.54) is 131 Å². The van der Waals surface area contributed by atoms with Crippen LogP contribution < -0.4 is 21.1 Å². The van der Waals surface area contributed by atoms with Gasteiger partial charge < -0.3 is 9.38 Å². The number of aromatic nitrogens is 1. The number of para-hydroxylation sites is 1. The maximum absolute atomic E-state index is 4.44. The van der Waals surface area contributed by atoms with Crippen LogP contribution in [0.3, 0.4) is 0 Å². The lowest BCUT2D eigenvalue weighted by molar-refractivity contribution is 1.23. The first kappa shape index (κ1) is 38.7. The molecule has 0 N–H and O–H groups in total. The van der Waals surface area contributed by atoms with Crippen molar-refractivity contribution >= 4 is 134 Å². The van der Waals surface area contributed by atoms with Crippen molar-refractivity contribution in [3.63, 3.8) is 0 Å². The van der Waals surface area contributed by atoms with Crippen molar-refractivity contribution in [2.24, 2.45) is 0 Å². The van der Waals surface area contributed by atoms with Crippen LogP contribution in [0.25, 0.3) is 87.1 Å². The van der Waals surface area contributed by atoms with Gasteiger partial charge >= 0.3 is 6.85 Å². The van der Waals surface area contributed by atoms with Crippen molar-refractivity contribution in [3.8, 4) is 22.3 Å². The van der Waals surface area contributed by atoms with E-state index in [2.05, 4.69) is 222 Å². The van der Waals surface area contributed by atoms with E-state index in [0.717, 1.165) is 34.7 Å². The van der Waals surface area contributed by atoms with Crippen LogP contribution in [0, 0.1) is 0 Å². The first-order valence-electron chi connectivity index (χ1n) is 23.1. The number of anilines is 3. The number of hydrogen-bond acceptors (Lipinski definition) is 1.